The molecule has 1 aromatic carbocycles. The average Bonchev–Trinajstić information content (AvgIpc) is 3.38. The first kappa shape index (κ1) is 18.7. The van der Waals surface area contributed by atoms with Gasteiger partial charge in [0, 0.05) is 16.1 Å². The zero-order valence-corrected chi connectivity index (χ0v) is 17.8. The van der Waals surface area contributed by atoms with Gasteiger partial charge in [-0.15, -0.1) is 11.3 Å². The van der Waals surface area contributed by atoms with Gasteiger partial charge in [-0.25, -0.2) is 14.5 Å². The molecule has 0 fully saturated rings. The van der Waals surface area contributed by atoms with Crippen molar-refractivity contribution in [2.75, 3.05) is 0 Å². The molecule has 0 aliphatic carbocycles. The van der Waals surface area contributed by atoms with Gasteiger partial charge in [0.15, 0.2) is 5.65 Å². The van der Waals surface area contributed by atoms with Crippen LogP contribution in [0.2, 0.25) is 0 Å². The summed E-state index contributed by atoms with van der Waals surface area (Å²) in [5.41, 5.74) is 5.43. The molecule has 3 aromatic heterocycles. The van der Waals surface area contributed by atoms with Crippen LogP contribution >= 0.6 is 11.3 Å². The minimum atomic E-state index is -0.139. The van der Waals surface area contributed by atoms with Gasteiger partial charge >= 0.3 is 0 Å². The summed E-state index contributed by atoms with van der Waals surface area (Å²) in [4.78, 5) is 37.9. The monoisotopic (exact) mass is 419 g/mol. The van der Waals surface area contributed by atoms with Gasteiger partial charge in [-0.1, -0.05) is 30.3 Å². The Morgan fingerprint density at radius 2 is 1.90 bits per heavy atom. The van der Waals surface area contributed by atoms with Crippen LogP contribution in [0.3, 0.4) is 0 Å². The summed E-state index contributed by atoms with van der Waals surface area (Å²) in [7, 11) is 0. The van der Waals surface area contributed by atoms with Gasteiger partial charge in [-0.2, -0.15) is 0 Å². The summed E-state index contributed by atoms with van der Waals surface area (Å²) in [5.74, 6) is -0.00715. The first-order chi connectivity index (χ1) is 14.4. The summed E-state index contributed by atoms with van der Waals surface area (Å²) in [6.07, 6.45) is 0.304. The summed E-state index contributed by atoms with van der Waals surface area (Å²) in [6.45, 7) is 6.45. The van der Waals surface area contributed by atoms with Gasteiger partial charge in [0.1, 0.15) is 0 Å². The van der Waals surface area contributed by atoms with Crippen LogP contribution in [0, 0.1) is 20.8 Å². The molecule has 8 heteroatoms. The number of thiazole rings is 1. The van der Waals surface area contributed by atoms with Gasteiger partial charge < -0.3 is 4.90 Å². The number of nitrogens with one attached hydrogen (secondary N) is 1. The average molecular weight is 420 g/mol. The van der Waals surface area contributed by atoms with Crippen LogP contribution in [0.25, 0.3) is 16.8 Å². The molecular weight excluding hydrogens is 398 g/mol. The van der Waals surface area contributed by atoms with Crippen molar-refractivity contribution in [3.05, 3.63) is 73.2 Å². The molecule has 5 rings (SSSR count). The van der Waals surface area contributed by atoms with Gasteiger partial charge in [-0.05, 0) is 26.3 Å². The molecule has 1 N–H and O–H groups in total. The molecule has 152 valence electrons. The van der Waals surface area contributed by atoms with Crippen molar-refractivity contribution in [1.29, 1.82) is 0 Å². The summed E-state index contributed by atoms with van der Waals surface area (Å²) in [5, 5.41) is 4.11. The Hall–Kier alpha value is -3.26. The highest BCUT2D eigenvalue weighted by atomic mass is 32.1. The van der Waals surface area contributed by atoms with E-state index in [0.717, 1.165) is 32.4 Å². The van der Waals surface area contributed by atoms with Crippen LogP contribution in [-0.2, 0) is 24.3 Å². The minimum absolute atomic E-state index is 0.00715. The summed E-state index contributed by atoms with van der Waals surface area (Å²) < 4.78 is 1.50. The largest absolute Gasteiger partial charge is 0.332 e. The fraction of sp³-hybridized carbons (Fsp3) is 0.273. The lowest BCUT2D eigenvalue weighted by Gasteiger charge is -2.14. The maximum absolute atomic E-state index is 13.1. The maximum Gasteiger partial charge on any atom is 0.278 e. The van der Waals surface area contributed by atoms with E-state index in [1.807, 2.05) is 51.1 Å². The molecule has 4 heterocycles. The number of benzene rings is 1. The zero-order valence-electron chi connectivity index (χ0n) is 17.0. The van der Waals surface area contributed by atoms with Crippen LogP contribution in [0.5, 0.6) is 0 Å². The summed E-state index contributed by atoms with van der Waals surface area (Å²) in [6, 6.07) is 9.90. The van der Waals surface area contributed by atoms with E-state index >= 15 is 0 Å². The number of aryl methyl sites for hydroxylation is 3. The smallest absolute Gasteiger partial charge is 0.278 e. The van der Waals surface area contributed by atoms with Crippen molar-refractivity contribution < 1.29 is 4.79 Å². The normalized spacial score (nSPS) is 13.2. The van der Waals surface area contributed by atoms with Crippen LogP contribution in [0.15, 0.2) is 35.1 Å². The molecule has 0 radical (unpaired) electrons. The number of H-pyrrole nitrogens is 1. The predicted molar refractivity (Wildman–Crippen MR) is 116 cm³/mol. The van der Waals surface area contributed by atoms with E-state index in [9.17, 15) is 9.59 Å². The van der Waals surface area contributed by atoms with Crippen molar-refractivity contribution in [2.45, 2.75) is 40.3 Å². The molecule has 0 spiro atoms. The highest BCUT2D eigenvalue weighted by Gasteiger charge is 2.30. The van der Waals surface area contributed by atoms with Crippen LogP contribution in [0.1, 0.15) is 32.5 Å². The van der Waals surface area contributed by atoms with Crippen molar-refractivity contribution in [3.8, 4) is 11.1 Å². The molecule has 1 aliphatic heterocycles. The molecule has 0 bridgehead atoms. The molecule has 7 nitrogen and oxygen atoms in total. The van der Waals surface area contributed by atoms with E-state index in [-0.39, 0.29) is 11.5 Å². The van der Waals surface area contributed by atoms with E-state index in [0.29, 0.717) is 36.4 Å². The van der Waals surface area contributed by atoms with E-state index < -0.39 is 0 Å². The first-order valence-corrected chi connectivity index (χ1v) is 10.6. The molecule has 0 saturated carbocycles. The van der Waals surface area contributed by atoms with Crippen LogP contribution < -0.4 is 5.56 Å². The Kier molecular flexibility index (Phi) is 4.32. The number of amides is 1. The predicted octanol–water partition coefficient (Wildman–Crippen LogP) is 3.16. The second kappa shape index (κ2) is 6.91. The number of hydrogen-bond acceptors (Lipinski definition) is 5. The number of carbonyl (C=O) groups excluding carboxylic acids is 1. The Bertz CT molecular complexity index is 1350. The van der Waals surface area contributed by atoms with E-state index in [2.05, 4.69) is 10.1 Å². The van der Waals surface area contributed by atoms with E-state index in [4.69, 9.17) is 4.98 Å². The third kappa shape index (κ3) is 2.95. The Morgan fingerprint density at radius 1 is 1.13 bits per heavy atom. The number of aromatic nitrogens is 4. The minimum Gasteiger partial charge on any atom is -0.332 e. The quantitative estimate of drug-likeness (QED) is 0.553. The fourth-order valence-electron chi connectivity index (χ4n) is 4.09. The lowest BCUT2D eigenvalue weighted by atomic mass is 10.1. The Labute approximate surface area is 177 Å². The van der Waals surface area contributed by atoms with Crippen molar-refractivity contribution in [3.63, 3.8) is 0 Å². The first-order valence-electron chi connectivity index (χ1n) is 9.81. The topological polar surface area (TPSA) is 83.4 Å². The van der Waals surface area contributed by atoms with Gasteiger partial charge in [0.25, 0.3) is 5.56 Å². The highest BCUT2D eigenvalue weighted by Crippen LogP contribution is 2.29. The third-order valence-corrected chi connectivity index (χ3v) is 6.63. The van der Waals surface area contributed by atoms with Crippen LogP contribution in [0.4, 0.5) is 0 Å². The Balaban J connectivity index is 1.51. The highest BCUT2D eigenvalue weighted by molar-refractivity contribution is 7.11. The number of hydrogen-bond donors (Lipinski definition) is 1. The van der Waals surface area contributed by atoms with Gasteiger partial charge in [0.2, 0.25) is 5.91 Å². The molecular formula is C22H21N5O2S. The molecule has 0 unspecified atom stereocenters. The Morgan fingerprint density at radius 3 is 2.60 bits per heavy atom. The number of nitrogens with zero attached hydrogens (tertiary/aromatic N) is 4. The molecule has 1 amide bonds. The fourth-order valence-corrected chi connectivity index (χ4v) is 5.02. The van der Waals surface area contributed by atoms with Crippen molar-refractivity contribution in [2.24, 2.45) is 0 Å². The standard InChI is InChI=1S/C22H21N5O2S/c1-12-18(30-14(3)23-12)9-19(28)26-10-16-17(11-26)24-21-20(15-7-5-4-6-8-15)13(2)25-27(21)22(16)29/h4-8,25H,9-11H2,1-3H3. The van der Waals surface area contributed by atoms with Gasteiger partial charge in [0.05, 0.1) is 41.5 Å². The maximum atomic E-state index is 13.1. The summed E-state index contributed by atoms with van der Waals surface area (Å²) >= 11 is 1.55. The molecule has 0 saturated heterocycles. The molecule has 0 atom stereocenters. The van der Waals surface area contributed by atoms with Crippen LogP contribution in [-0.4, -0.2) is 30.4 Å². The van der Waals surface area contributed by atoms with Crippen molar-refractivity contribution >= 4 is 22.9 Å². The molecule has 4 aromatic rings. The molecule has 30 heavy (non-hydrogen) atoms. The number of aromatic amines is 1. The number of carbonyl (C=O) groups is 1. The SMILES string of the molecule is Cc1nc(C)c(CC(=O)N2Cc3nc4c(-c5ccccc5)c(C)[nH]n4c(=O)c3C2)s1. The third-order valence-electron chi connectivity index (χ3n) is 5.56. The van der Waals surface area contributed by atoms with E-state index in [1.54, 1.807) is 16.2 Å². The number of rotatable bonds is 3. The van der Waals surface area contributed by atoms with Crippen molar-refractivity contribution in [1.82, 2.24) is 24.5 Å². The number of fused-ring (bicyclic) bond motifs is 2. The lowest BCUT2D eigenvalue weighted by molar-refractivity contribution is -0.131. The lowest BCUT2D eigenvalue weighted by Crippen LogP contribution is -2.28. The molecule has 1 aliphatic rings. The van der Waals surface area contributed by atoms with E-state index in [1.165, 1.54) is 4.52 Å². The second-order valence-corrected chi connectivity index (χ2v) is 8.93. The second-order valence-electron chi connectivity index (χ2n) is 7.65. The zero-order chi connectivity index (χ0) is 21.0. The van der Waals surface area contributed by atoms with Gasteiger partial charge in [-0.3, -0.25) is 14.7 Å².